The molecule has 0 aliphatic carbocycles. The number of aromatic hydroxyl groups is 1. The van der Waals surface area contributed by atoms with Crippen LogP contribution >= 0.6 is 0 Å². The van der Waals surface area contributed by atoms with Crippen molar-refractivity contribution in [2.24, 2.45) is 5.10 Å². The molecule has 0 radical (unpaired) electrons. The Hall–Kier alpha value is -3.38. The number of fused-ring (bicyclic) bond motifs is 1. The molecule has 3 rings (SSSR count). The van der Waals surface area contributed by atoms with E-state index in [-0.39, 0.29) is 5.75 Å². The van der Waals surface area contributed by atoms with Crippen molar-refractivity contribution in [1.29, 1.82) is 0 Å². The maximum Gasteiger partial charge on any atom is 0.271 e. The number of phenols is 1. The lowest BCUT2D eigenvalue weighted by Gasteiger charge is -2.05. The Morgan fingerprint density at radius 2 is 1.88 bits per heavy atom. The summed E-state index contributed by atoms with van der Waals surface area (Å²) < 4.78 is 0. The number of nitrogens with zero attached hydrogens (tertiary/aromatic N) is 1. The maximum atomic E-state index is 12.0. The van der Waals surface area contributed by atoms with Gasteiger partial charge in [-0.1, -0.05) is 36.4 Å². The molecule has 6 nitrogen and oxygen atoms in total. The molecule has 0 aliphatic rings. The molecule has 24 heavy (non-hydrogen) atoms. The van der Waals surface area contributed by atoms with Crippen molar-refractivity contribution in [3.63, 3.8) is 0 Å². The smallest absolute Gasteiger partial charge is 0.271 e. The van der Waals surface area contributed by atoms with Crippen LogP contribution in [0.2, 0.25) is 0 Å². The molecule has 3 aromatic carbocycles. The lowest BCUT2D eigenvalue weighted by Crippen LogP contribution is -2.17. The van der Waals surface area contributed by atoms with E-state index in [1.54, 1.807) is 24.3 Å². The highest BCUT2D eigenvalue weighted by Crippen LogP contribution is 2.27. The largest absolute Gasteiger partial charge is 0.507 e. The van der Waals surface area contributed by atoms with E-state index < -0.39 is 5.91 Å². The number of hydrazone groups is 1. The van der Waals surface area contributed by atoms with Crippen molar-refractivity contribution in [3.05, 3.63) is 71.8 Å². The van der Waals surface area contributed by atoms with Crippen LogP contribution in [0.1, 0.15) is 15.9 Å². The highest BCUT2D eigenvalue weighted by atomic mass is 16.5. The molecular formula is C18H15N3O3. The number of amides is 1. The topological polar surface area (TPSA) is 94.0 Å². The van der Waals surface area contributed by atoms with E-state index in [1.165, 1.54) is 12.3 Å². The normalized spacial score (nSPS) is 10.9. The highest BCUT2D eigenvalue weighted by molar-refractivity contribution is 5.98. The minimum Gasteiger partial charge on any atom is -0.507 e. The summed E-state index contributed by atoms with van der Waals surface area (Å²) >= 11 is 0. The predicted octanol–water partition coefficient (Wildman–Crippen LogP) is 3.11. The zero-order valence-corrected chi connectivity index (χ0v) is 12.6. The molecule has 0 spiro atoms. The molecular weight excluding hydrogens is 306 g/mol. The average molecular weight is 321 g/mol. The number of phenolic OH excluding ortho intramolecular Hbond substituents is 1. The van der Waals surface area contributed by atoms with E-state index in [1.807, 2.05) is 35.8 Å². The predicted molar refractivity (Wildman–Crippen MR) is 92.5 cm³/mol. The molecule has 0 aromatic heterocycles. The SMILES string of the molecule is O=C(N/N=C/c1ccc2ccccc2c1O)c1cccc(NO)c1. The number of carbonyl (C=O) groups is 1. The molecule has 0 heterocycles. The molecule has 0 saturated carbocycles. The lowest BCUT2D eigenvalue weighted by molar-refractivity contribution is 0.0955. The van der Waals surface area contributed by atoms with Crippen LogP contribution in [0.15, 0.2) is 65.8 Å². The van der Waals surface area contributed by atoms with E-state index in [4.69, 9.17) is 5.21 Å². The van der Waals surface area contributed by atoms with Gasteiger partial charge in [0.1, 0.15) is 5.75 Å². The third kappa shape index (κ3) is 3.18. The fraction of sp³-hybridized carbons (Fsp3) is 0. The number of anilines is 1. The van der Waals surface area contributed by atoms with E-state index in [0.29, 0.717) is 16.8 Å². The molecule has 0 fully saturated rings. The number of hydrogen-bond donors (Lipinski definition) is 4. The summed E-state index contributed by atoms with van der Waals surface area (Å²) in [7, 11) is 0. The molecule has 0 aliphatic heterocycles. The molecule has 6 heteroatoms. The van der Waals surface area contributed by atoms with Crippen molar-refractivity contribution in [3.8, 4) is 5.75 Å². The Bertz CT molecular complexity index is 922. The van der Waals surface area contributed by atoms with Crippen molar-refractivity contribution in [2.75, 3.05) is 5.48 Å². The first-order valence-electron chi connectivity index (χ1n) is 7.23. The molecule has 3 aromatic rings. The van der Waals surface area contributed by atoms with Crippen molar-refractivity contribution in [1.82, 2.24) is 5.43 Å². The van der Waals surface area contributed by atoms with Gasteiger partial charge in [0.2, 0.25) is 0 Å². The Morgan fingerprint density at radius 1 is 1.04 bits per heavy atom. The van der Waals surface area contributed by atoms with Crippen LogP contribution in [0, 0.1) is 0 Å². The molecule has 0 saturated heterocycles. The standard InChI is InChI=1S/C18H15N3O3/c22-17-14(9-8-12-4-1-2-7-16(12)17)11-19-20-18(23)13-5-3-6-15(10-13)21-24/h1-11,21-22,24H,(H,20,23)/b19-11+. The summed E-state index contributed by atoms with van der Waals surface area (Å²) in [6, 6.07) is 17.4. The molecule has 4 N–H and O–H groups in total. The minimum atomic E-state index is -0.427. The van der Waals surface area contributed by atoms with Crippen LogP contribution in [0.4, 0.5) is 5.69 Å². The summed E-state index contributed by atoms with van der Waals surface area (Å²) in [6.45, 7) is 0. The van der Waals surface area contributed by atoms with E-state index in [0.717, 1.165) is 10.8 Å². The quantitative estimate of drug-likeness (QED) is 0.439. The molecule has 0 unspecified atom stereocenters. The first-order valence-corrected chi connectivity index (χ1v) is 7.23. The molecule has 0 bridgehead atoms. The van der Waals surface area contributed by atoms with Gasteiger partial charge < -0.3 is 5.11 Å². The summed E-state index contributed by atoms with van der Waals surface area (Å²) in [4.78, 5) is 12.0. The van der Waals surface area contributed by atoms with Crippen LogP contribution in [-0.2, 0) is 0 Å². The molecule has 1 amide bonds. The number of rotatable bonds is 4. The van der Waals surface area contributed by atoms with Crippen molar-refractivity contribution >= 4 is 28.6 Å². The number of benzene rings is 3. The maximum absolute atomic E-state index is 12.0. The summed E-state index contributed by atoms with van der Waals surface area (Å²) in [5.74, 6) is -0.318. The van der Waals surface area contributed by atoms with Gasteiger partial charge in [0.15, 0.2) is 0 Å². The van der Waals surface area contributed by atoms with Crippen LogP contribution < -0.4 is 10.9 Å². The fourth-order valence-electron chi connectivity index (χ4n) is 2.33. The summed E-state index contributed by atoms with van der Waals surface area (Å²) in [6.07, 6.45) is 1.38. The zero-order valence-electron chi connectivity index (χ0n) is 12.6. The van der Waals surface area contributed by atoms with Gasteiger partial charge >= 0.3 is 0 Å². The summed E-state index contributed by atoms with van der Waals surface area (Å²) in [5.41, 5.74) is 5.60. The van der Waals surface area contributed by atoms with E-state index in [2.05, 4.69) is 10.5 Å². The second-order valence-corrected chi connectivity index (χ2v) is 5.12. The van der Waals surface area contributed by atoms with Gasteiger partial charge in [-0.05, 0) is 29.7 Å². The monoisotopic (exact) mass is 321 g/mol. The number of hydrogen-bond acceptors (Lipinski definition) is 5. The zero-order chi connectivity index (χ0) is 16.9. The third-order valence-electron chi connectivity index (χ3n) is 3.56. The highest BCUT2D eigenvalue weighted by Gasteiger charge is 2.06. The number of nitrogens with one attached hydrogen (secondary N) is 2. The summed E-state index contributed by atoms with van der Waals surface area (Å²) in [5, 5.41) is 24.6. The Balaban J connectivity index is 1.76. The first-order chi connectivity index (χ1) is 11.7. The lowest BCUT2D eigenvalue weighted by atomic mass is 10.1. The second-order valence-electron chi connectivity index (χ2n) is 5.12. The minimum absolute atomic E-state index is 0.109. The van der Waals surface area contributed by atoms with E-state index in [9.17, 15) is 9.90 Å². The van der Waals surface area contributed by atoms with Crippen molar-refractivity contribution in [2.45, 2.75) is 0 Å². The first kappa shape index (κ1) is 15.5. The Kier molecular flexibility index (Phi) is 4.40. The Labute approximate surface area is 138 Å². The van der Waals surface area contributed by atoms with Crippen LogP contribution in [0.5, 0.6) is 5.75 Å². The van der Waals surface area contributed by atoms with Gasteiger partial charge in [0, 0.05) is 16.5 Å². The Morgan fingerprint density at radius 3 is 2.71 bits per heavy atom. The van der Waals surface area contributed by atoms with E-state index >= 15 is 0 Å². The van der Waals surface area contributed by atoms with Gasteiger partial charge in [0.05, 0.1) is 11.9 Å². The van der Waals surface area contributed by atoms with Gasteiger partial charge in [0.25, 0.3) is 5.91 Å². The van der Waals surface area contributed by atoms with Crippen LogP contribution in [0.3, 0.4) is 0 Å². The van der Waals surface area contributed by atoms with Gasteiger partial charge in [-0.3, -0.25) is 15.5 Å². The third-order valence-corrected chi connectivity index (χ3v) is 3.56. The average Bonchev–Trinajstić information content (AvgIpc) is 2.63. The van der Waals surface area contributed by atoms with Crippen LogP contribution in [-0.4, -0.2) is 22.4 Å². The van der Waals surface area contributed by atoms with Gasteiger partial charge in [-0.2, -0.15) is 5.10 Å². The fourth-order valence-corrected chi connectivity index (χ4v) is 2.33. The number of carbonyl (C=O) groups excluding carboxylic acids is 1. The van der Waals surface area contributed by atoms with Crippen LogP contribution in [0.25, 0.3) is 10.8 Å². The molecule has 120 valence electrons. The van der Waals surface area contributed by atoms with Gasteiger partial charge in [-0.15, -0.1) is 0 Å². The second kappa shape index (κ2) is 6.80. The molecule has 0 atom stereocenters. The van der Waals surface area contributed by atoms with Crippen molar-refractivity contribution < 1.29 is 15.1 Å². The van der Waals surface area contributed by atoms with Gasteiger partial charge in [-0.25, -0.2) is 5.43 Å².